The molecule has 1 fully saturated rings. The minimum atomic E-state index is -0.449. The van der Waals surface area contributed by atoms with Gasteiger partial charge in [0.25, 0.3) is 11.1 Å². The number of hydrogen-bond acceptors (Lipinski definition) is 5. The third-order valence-electron chi connectivity index (χ3n) is 3.18. The average Bonchev–Trinajstić information content (AvgIpc) is 2.79. The van der Waals surface area contributed by atoms with Crippen molar-refractivity contribution >= 4 is 46.3 Å². The molecule has 23 heavy (non-hydrogen) atoms. The van der Waals surface area contributed by atoms with Gasteiger partial charge >= 0.3 is 0 Å². The predicted octanol–water partition coefficient (Wildman–Crippen LogP) is 3.99. The van der Waals surface area contributed by atoms with E-state index in [4.69, 9.17) is 11.6 Å². The lowest BCUT2D eigenvalue weighted by Gasteiger charge is -2.12. The number of carbonyl (C=O) groups is 2. The van der Waals surface area contributed by atoms with Crippen LogP contribution in [0, 0.1) is 0 Å². The van der Waals surface area contributed by atoms with Crippen molar-refractivity contribution in [3.8, 4) is 11.5 Å². The van der Waals surface area contributed by atoms with Crippen molar-refractivity contribution in [3.63, 3.8) is 0 Å². The number of carbonyl (C=O) groups excluding carboxylic acids is 2. The standard InChI is InChI=1S/C16H10ClNO4S/c17-10-2-4-11(5-3-10)18-15(21)14(23-16(18)22)8-9-1-6-12(19)13(20)7-9/h1-8,19-20H/b14-8+. The fourth-order valence-corrected chi connectivity index (χ4v) is 3.03. The van der Waals surface area contributed by atoms with Gasteiger partial charge in [0.15, 0.2) is 11.5 Å². The Morgan fingerprint density at radius 2 is 1.70 bits per heavy atom. The summed E-state index contributed by atoms with van der Waals surface area (Å²) in [6, 6.07) is 10.5. The summed E-state index contributed by atoms with van der Waals surface area (Å²) in [4.78, 5) is 25.8. The first-order valence-electron chi connectivity index (χ1n) is 6.51. The van der Waals surface area contributed by atoms with E-state index in [0.717, 1.165) is 16.7 Å². The van der Waals surface area contributed by atoms with Gasteiger partial charge in [0.2, 0.25) is 0 Å². The third-order valence-corrected chi connectivity index (χ3v) is 4.30. The van der Waals surface area contributed by atoms with Gasteiger partial charge in [0.1, 0.15) is 0 Å². The molecule has 0 saturated carbocycles. The van der Waals surface area contributed by atoms with E-state index in [0.29, 0.717) is 16.3 Å². The first kappa shape index (κ1) is 15.5. The maximum absolute atomic E-state index is 12.4. The van der Waals surface area contributed by atoms with Crippen LogP contribution in [0.3, 0.4) is 0 Å². The fourth-order valence-electron chi connectivity index (χ4n) is 2.06. The molecule has 0 unspecified atom stereocenters. The van der Waals surface area contributed by atoms with Crippen LogP contribution in [0.4, 0.5) is 10.5 Å². The number of nitrogens with zero attached hydrogens (tertiary/aromatic N) is 1. The number of thioether (sulfide) groups is 1. The van der Waals surface area contributed by atoms with Gasteiger partial charge in [-0.3, -0.25) is 9.59 Å². The fraction of sp³-hybridized carbons (Fsp3) is 0. The minimum absolute atomic E-state index is 0.232. The molecule has 0 aromatic heterocycles. The Kier molecular flexibility index (Phi) is 4.02. The van der Waals surface area contributed by atoms with E-state index in [1.54, 1.807) is 24.3 Å². The van der Waals surface area contributed by atoms with Gasteiger partial charge in [0.05, 0.1) is 10.6 Å². The van der Waals surface area contributed by atoms with Crippen LogP contribution in [0.25, 0.3) is 6.08 Å². The first-order valence-corrected chi connectivity index (χ1v) is 7.70. The molecule has 1 heterocycles. The van der Waals surface area contributed by atoms with Crippen LogP contribution in [0.5, 0.6) is 11.5 Å². The van der Waals surface area contributed by atoms with E-state index in [9.17, 15) is 19.8 Å². The van der Waals surface area contributed by atoms with E-state index in [-0.39, 0.29) is 16.4 Å². The Morgan fingerprint density at radius 1 is 1.00 bits per heavy atom. The normalized spacial score (nSPS) is 16.4. The zero-order valence-electron chi connectivity index (χ0n) is 11.6. The van der Waals surface area contributed by atoms with Crippen LogP contribution in [0.1, 0.15) is 5.56 Å². The second-order valence-corrected chi connectivity index (χ2v) is 6.17. The van der Waals surface area contributed by atoms with E-state index < -0.39 is 11.1 Å². The molecule has 1 aliphatic rings. The van der Waals surface area contributed by atoms with Crippen LogP contribution in [-0.2, 0) is 4.79 Å². The molecule has 0 bridgehead atoms. The summed E-state index contributed by atoms with van der Waals surface area (Å²) in [6.45, 7) is 0. The highest BCUT2D eigenvalue weighted by Gasteiger charge is 2.36. The molecule has 3 rings (SSSR count). The zero-order valence-corrected chi connectivity index (χ0v) is 13.1. The Balaban J connectivity index is 1.92. The minimum Gasteiger partial charge on any atom is -0.504 e. The van der Waals surface area contributed by atoms with Gasteiger partial charge in [-0.1, -0.05) is 17.7 Å². The summed E-state index contributed by atoms with van der Waals surface area (Å²) < 4.78 is 0. The molecular formula is C16H10ClNO4S. The molecule has 5 nitrogen and oxygen atoms in total. The number of phenolic OH excluding ortho intramolecular Hbond substituents is 2. The van der Waals surface area contributed by atoms with E-state index in [2.05, 4.69) is 0 Å². The van der Waals surface area contributed by atoms with Crippen molar-refractivity contribution in [2.24, 2.45) is 0 Å². The van der Waals surface area contributed by atoms with E-state index in [1.807, 2.05) is 0 Å². The molecule has 0 radical (unpaired) electrons. The number of amides is 2. The maximum Gasteiger partial charge on any atom is 0.298 e. The summed E-state index contributed by atoms with van der Waals surface area (Å²) >= 11 is 6.61. The number of anilines is 1. The summed E-state index contributed by atoms with van der Waals surface area (Å²) in [6.07, 6.45) is 1.49. The lowest BCUT2D eigenvalue weighted by atomic mass is 10.2. The van der Waals surface area contributed by atoms with Crippen molar-refractivity contribution in [3.05, 3.63) is 58.0 Å². The molecule has 116 valence electrons. The van der Waals surface area contributed by atoms with Crippen molar-refractivity contribution in [2.45, 2.75) is 0 Å². The van der Waals surface area contributed by atoms with Gasteiger partial charge in [-0.2, -0.15) is 0 Å². The van der Waals surface area contributed by atoms with Crippen LogP contribution in [0.15, 0.2) is 47.4 Å². The number of aromatic hydroxyl groups is 2. The molecular weight excluding hydrogens is 338 g/mol. The molecule has 7 heteroatoms. The lowest BCUT2D eigenvalue weighted by molar-refractivity contribution is -0.113. The van der Waals surface area contributed by atoms with Gasteiger partial charge < -0.3 is 10.2 Å². The van der Waals surface area contributed by atoms with Gasteiger partial charge in [0, 0.05) is 5.02 Å². The van der Waals surface area contributed by atoms with Crippen LogP contribution < -0.4 is 4.90 Å². The Hall–Kier alpha value is -2.44. The molecule has 0 atom stereocenters. The second kappa shape index (κ2) is 5.98. The quantitative estimate of drug-likeness (QED) is 0.634. The Bertz CT molecular complexity index is 832. The SMILES string of the molecule is O=C1S/C(=C/c2ccc(O)c(O)c2)C(=O)N1c1ccc(Cl)cc1. The largest absolute Gasteiger partial charge is 0.504 e. The number of imide groups is 1. The molecule has 1 saturated heterocycles. The maximum atomic E-state index is 12.4. The number of hydrogen-bond donors (Lipinski definition) is 2. The summed E-state index contributed by atoms with van der Waals surface area (Å²) in [5.74, 6) is -0.998. The molecule has 2 amide bonds. The van der Waals surface area contributed by atoms with Crippen molar-refractivity contribution < 1.29 is 19.8 Å². The van der Waals surface area contributed by atoms with Crippen LogP contribution in [0.2, 0.25) is 5.02 Å². The van der Waals surface area contributed by atoms with E-state index in [1.165, 1.54) is 24.3 Å². The van der Waals surface area contributed by atoms with Crippen molar-refractivity contribution in [1.82, 2.24) is 0 Å². The average molecular weight is 348 g/mol. The van der Waals surface area contributed by atoms with Crippen LogP contribution in [-0.4, -0.2) is 21.4 Å². The van der Waals surface area contributed by atoms with Gasteiger partial charge in [-0.15, -0.1) is 0 Å². The molecule has 2 N–H and O–H groups in total. The Morgan fingerprint density at radius 3 is 2.35 bits per heavy atom. The number of phenols is 2. The first-order chi connectivity index (χ1) is 11.0. The molecule has 1 aliphatic heterocycles. The monoisotopic (exact) mass is 347 g/mol. The van der Waals surface area contributed by atoms with E-state index >= 15 is 0 Å². The Labute approximate surface area is 140 Å². The van der Waals surface area contributed by atoms with Crippen molar-refractivity contribution in [2.75, 3.05) is 4.90 Å². The lowest BCUT2D eigenvalue weighted by Crippen LogP contribution is -2.27. The number of halogens is 1. The van der Waals surface area contributed by atoms with Crippen molar-refractivity contribution in [1.29, 1.82) is 0 Å². The smallest absolute Gasteiger partial charge is 0.298 e. The highest BCUT2D eigenvalue weighted by Crippen LogP contribution is 2.36. The summed E-state index contributed by atoms with van der Waals surface area (Å²) in [7, 11) is 0. The third kappa shape index (κ3) is 3.04. The number of benzene rings is 2. The predicted molar refractivity (Wildman–Crippen MR) is 89.7 cm³/mol. The molecule has 2 aromatic rings. The topological polar surface area (TPSA) is 77.8 Å². The molecule has 0 spiro atoms. The second-order valence-electron chi connectivity index (χ2n) is 4.74. The van der Waals surface area contributed by atoms with Gasteiger partial charge in [-0.25, -0.2) is 4.90 Å². The summed E-state index contributed by atoms with van der Waals surface area (Å²) in [5.41, 5.74) is 0.941. The molecule has 2 aromatic carbocycles. The number of rotatable bonds is 2. The molecule has 0 aliphatic carbocycles. The summed E-state index contributed by atoms with van der Waals surface area (Å²) in [5, 5.41) is 18.9. The highest BCUT2D eigenvalue weighted by atomic mass is 35.5. The van der Waals surface area contributed by atoms with Crippen LogP contribution >= 0.6 is 23.4 Å². The zero-order chi connectivity index (χ0) is 16.6. The highest BCUT2D eigenvalue weighted by molar-refractivity contribution is 8.19. The van der Waals surface area contributed by atoms with Gasteiger partial charge in [-0.05, 0) is 59.8 Å².